The second-order valence-corrected chi connectivity index (χ2v) is 8.37. The van der Waals surface area contributed by atoms with Crippen molar-refractivity contribution in [3.8, 4) is 17.1 Å². The Kier molecular flexibility index (Phi) is 5.28. The highest BCUT2D eigenvalue weighted by molar-refractivity contribution is 5.91. The van der Waals surface area contributed by atoms with Crippen LogP contribution in [0.1, 0.15) is 38.3 Å². The van der Waals surface area contributed by atoms with Gasteiger partial charge in [0.2, 0.25) is 5.88 Å². The number of H-pyrrole nitrogens is 1. The molecule has 160 valence electrons. The van der Waals surface area contributed by atoms with Crippen molar-refractivity contribution in [3.63, 3.8) is 0 Å². The summed E-state index contributed by atoms with van der Waals surface area (Å²) in [4.78, 5) is 25.3. The highest BCUT2D eigenvalue weighted by Crippen LogP contribution is 2.37. The number of fused-ring (bicyclic) bond motifs is 1. The average Bonchev–Trinajstić information content (AvgIpc) is 3.21. The maximum absolute atomic E-state index is 10.9. The third-order valence-corrected chi connectivity index (χ3v) is 4.91. The number of nitrogens with zero attached hydrogens (tertiary/aromatic N) is 5. The number of hydrogen-bond donors (Lipinski definition) is 3. The maximum Gasteiger partial charge on any atom is 0.213 e. The van der Waals surface area contributed by atoms with Crippen LogP contribution in [0.3, 0.4) is 0 Å². The van der Waals surface area contributed by atoms with Crippen LogP contribution in [0.5, 0.6) is 5.88 Å². The summed E-state index contributed by atoms with van der Waals surface area (Å²) >= 11 is 0. The summed E-state index contributed by atoms with van der Waals surface area (Å²) in [5.41, 5.74) is 3.73. The minimum atomic E-state index is -0.698. The molecular formula is C22H25N7O2. The number of aliphatic hydroxyl groups is 1. The lowest BCUT2D eigenvalue weighted by Gasteiger charge is -2.26. The van der Waals surface area contributed by atoms with E-state index in [-0.39, 0.29) is 5.41 Å². The maximum atomic E-state index is 10.9. The van der Waals surface area contributed by atoms with E-state index in [0.717, 1.165) is 11.3 Å². The van der Waals surface area contributed by atoms with Crippen LogP contribution in [0.2, 0.25) is 0 Å². The Balaban J connectivity index is 1.87. The van der Waals surface area contributed by atoms with Gasteiger partial charge in [0, 0.05) is 23.4 Å². The Hall–Kier alpha value is -3.59. The van der Waals surface area contributed by atoms with Gasteiger partial charge >= 0.3 is 0 Å². The van der Waals surface area contributed by atoms with Crippen molar-refractivity contribution < 1.29 is 9.84 Å². The van der Waals surface area contributed by atoms with E-state index in [4.69, 9.17) is 4.74 Å². The average molecular weight is 419 g/mol. The summed E-state index contributed by atoms with van der Waals surface area (Å²) in [6.07, 6.45) is 4.23. The SMILES string of the molecule is COc1ccc(Nc2ncc([C@@H](O)C(C)(C)C)cc2-c2nc(C)nc3nc[nH]c23)cn1. The molecular weight excluding hydrogens is 394 g/mol. The van der Waals surface area contributed by atoms with E-state index in [9.17, 15) is 5.11 Å². The molecule has 0 saturated carbocycles. The Labute approximate surface area is 180 Å². The molecule has 0 unspecified atom stereocenters. The second-order valence-electron chi connectivity index (χ2n) is 8.37. The standard InChI is InChI=1S/C22H25N7O2/c1-12-27-17(18-21(28-12)26-11-25-18)15-8-13(19(30)22(2,3)4)9-24-20(15)29-14-6-7-16(31-5)23-10-14/h6-11,19,30H,1-5H3,(H,24,29)(H,25,26,27,28)/t19-/m1/s1. The van der Waals surface area contributed by atoms with Crippen molar-refractivity contribution >= 4 is 22.7 Å². The first kappa shape index (κ1) is 20.7. The Morgan fingerprint density at radius 2 is 1.90 bits per heavy atom. The van der Waals surface area contributed by atoms with Crippen LogP contribution >= 0.6 is 0 Å². The van der Waals surface area contributed by atoms with Crippen LogP contribution in [-0.2, 0) is 0 Å². The number of hydrogen-bond acceptors (Lipinski definition) is 8. The summed E-state index contributed by atoms with van der Waals surface area (Å²) in [6, 6.07) is 5.53. The van der Waals surface area contributed by atoms with Gasteiger partial charge < -0.3 is 20.1 Å². The fraction of sp³-hybridized carbons (Fsp3) is 0.318. The van der Waals surface area contributed by atoms with Crippen LogP contribution < -0.4 is 10.1 Å². The summed E-state index contributed by atoms with van der Waals surface area (Å²) in [5.74, 6) is 1.69. The van der Waals surface area contributed by atoms with E-state index >= 15 is 0 Å². The number of methoxy groups -OCH3 is 1. The molecule has 0 aliphatic heterocycles. The zero-order valence-corrected chi connectivity index (χ0v) is 18.1. The van der Waals surface area contributed by atoms with Crippen LogP contribution in [0, 0.1) is 12.3 Å². The molecule has 0 radical (unpaired) electrons. The summed E-state index contributed by atoms with van der Waals surface area (Å²) < 4.78 is 5.13. The van der Waals surface area contributed by atoms with Gasteiger partial charge in [0.1, 0.15) is 22.9 Å². The van der Waals surface area contributed by atoms with Gasteiger partial charge in [0.15, 0.2) is 5.65 Å². The first-order valence-corrected chi connectivity index (χ1v) is 9.89. The van der Waals surface area contributed by atoms with Gasteiger partial charge in [-0.15, -0.1) is 0 Å². The quantitative estimate of drug-likeness (QED) is 0.444. The number of pyridine rings is 2. The number of aryl methyl sites for hydroxylation is 1. The number of rotatable bonds is 5. The number of anilines is 2. The number of ether oxygens (including phenoxy) is 1. The molecule has 0 aliphatic rings. The van der Waals surface area contributed by atoms with Crippen LogP contribution in [-0.4, -0.2) is 42.1 Å². The zero-order valence-electron chi connectivity index (χ0n) is 18.1. The zero-order chi connectivity index (χ0) is 22.2. The molecule has 4 rings (SSSR count). The van der Waals surface area contributed by atoms with Crippen molar-refractivity contribution in [1.82, 2.24) is 29.9 Å². The smallest absolute Gasteiger partial charge is 0.213 e. The Bertz CT molecular complexity index is 1210. The van der Waals surface area contributed by atoms with Crippen LogP contribution in [0.15, 0.2) is 36.9 Å². The predicted molar refractivity (Wildman–Crippen MR) is 118 cm³/mol. The van der Waals surface area contributed by atoms with Crippen molar-refractivity contribution in [2.45, 2.75) is 33.8 Å². The Morgan fingerprint density at radius 3 is 2.58 bits per heavy atom. The highest BCUT2D eigenvalue weighted by Gasteiger charge is 2.26. The van der Waals surface area contributed by atoms with Gasteiger partial charge in [-0.2, -0.15) is 0 Å². The van der Waals surface area contributed by atoms with Crippen LogP contribution in [0.25, 0.3) is 22.4 Å². The summed E-state index contributed by atoms with van der Waals surface area (Å²) in [5, 5.41) is 14.2. The second kappa shape index (κ2) is 7.92. The summed E-state index contributed by atoms with van der Waals surface area (Å²) in [6.45, 7) is 7.76. The number of aromatic nitrogens is 6. The molecule has 9 nitrogen and oxygen atoms in total. The summed E-state index contributed by atoms with van der Waals surface area (Å²) in [7, 11) is 1.57. The minimum Gasteiger partial charge on any atom is -0.481 e. The normalized spacial score (nSPS) is 12.7. The van der Waals surface area contributed by atoms with E-state index in [0.29, 0.717) is 39.9 Å². The molecule has 0 aromatic carbocycles. The molecule has 0 spiro atoms. The van der Waals surface area contributed by atoms with Gasteiger partial charge in [0.05, 0.1) is 31.4 Å². The lowest BCUT2D eigenvalue weighted by Crippen LogP contribution is -2.18. The third kappa shape index (κ3) is 4.17. The third-order valence-electron chi connectivity index (χ3n) is 4.91. The van der Waals surface area contributed by atoms with Gasteiger partial charge in [-0.1, -0.05) is 20.8 Å². The van der Waals surface area contributed by atoms with E-state index < -0.39 is 6.10 Å². The fourth-order valence-corrected chi connectivity index (χ4v) is 3.26. The molecule has 0 bridgehead atoms. The predicted octanol–water partition coefficient (Wildman–Crippen LogP) is 3.95. The van der Waals surface area contributed by atoms with Gasteiger partial charge in [-0.05, 0) is 24.5 Å². The van der Waals surface area contributed by atoms with E-state index in [1.807, 2.05) is 39.8 Å². The van der Waals surface area contributed by atoms with Gasteiger partial charge in [-0.25, -0.2) is 24.9 Å². The van der Waals surface area contributed by atoms with Crippen molar-refractivity contribution in [1.29, 1.82) is 0 Å². The number of nitrogens with one attached hydrogen (secondary N) is 2. The molecule has 4 aromatic rings. The van der Waals surface area contributed by atoms with Crippen molar-refractivity contribution in [2.24, 2.45) is 5.41 Å². The van der Waals surface area contributed by atoms with E-state index in [1.54, 1.807) is 31.9 Å². The first-order chi connectivity index (χ1) is 14.8. The Morgan fingerprint density at radius 1 is 1.10 bits per heavy atom. The molecule has 0 saturated heterocycles. The minimum absolute atomic E-state index is 0.349. The number of imidazole rings is 1. The molecule has 9 heteroatoms. The molecule has 0 aliphatic carbocycles. The highest BCUT2D eigenvalue weighted by atomic mass is 16.5. The van der Waals surface area contributed by atoms with Crippen molar-refractivity contribution in [3.05, 3.63) is 48.3 Å². The number of aliphatic hydroxyl groups excluding tert-OH is 1. The molecule has 31 heavy (non-hydrogen) atoms. The molecule has 1 atom stereocenters. The lowest BCUT2D eigenvalue weighted by atomic mass is 9.85. The fourth-order valence-electron chi connectivity index (χ4n) is 3.26. The lowest BCUT2D eigenvalue weighted by molar-refractivity contribution is 0.0624. The topological polar surface area (TPSA) is 122 Å². The largest absolute Gasteiger partial charge is 0.481 e. The van der Waals surface area contributed by atoms with Crippen molar-refractivity contribution in [2.75, 3.05) is 12.4 Å². The monoisotopic (exact) mass is 419 g/mol. The molecule has 0 fully saturated rings. The van der Waals surface area contributed by atoms with Gasteiger partial charge in [0.25, 0.3) is 0 Å². The molecule has 4 aromatic heterocycles. The van der Waals surface area contributed by atoms with Crippen LogP contribution in [0.4, 0.5) is 11.5 Å². The first-order valence-electron chi connectivity index (χ1n) is 9.89. The molecule has 4 heterocycles. The van der Waals surface area contributed by atoms with E-state index in [1.165, 1.54) is 0 Å². The van der Waals surface area contributed by atoms with Gasteiger partial charge in [-0.3, -0.25) is 0 Å². The van der Waals surface area contributed by atoms with E-state index in [2.05, 4.69) is 35.2 Å². The molecule has 0 amide bonds. The number of aromatic amines is 1. The molecule has 3 N–H and O–H groups in total.